The summed E-state index contributed by atoms with van der Waals surface area (Å²) in [6, 6.07) is 10.1. The van der Waals surface area contributed by atoms with E-state index in [1.54, 1.807) is 31.3 Å². The quantitative estimate of drug-likeness (QED) is 0.770. The van der Waals surface area contributed by atoms with Gasteiger partial charge in [0, 0.05) is 18.6 Å². The zero-order valence-electron chi connectivity index (χ0n) is 14.2. The molecule has 8 heteroatoms. The molecule has 1 aliphatic rings. The van der Waals surface area contributed by atoms with Crippen molar-refractivity contribution in [2.24, 2.45) is 0 Å². The molecule has 27 heavy (non-hydrogen) atoms. The first-order chi connectivity index (χ1) is 12.8. The van der Waals surface area contributed by atoms with E-state index in [9.17, 15) is 19.1 Å². The number of amides is 2. The molecule has 2 aromatic carbocycles. The predicted molar refractivity (Wildman–Crippen MR) is 102 cm³/mol. The molecule has 0 saturated carbocycles. The Morgan fingerprint density at radius 3 is 2.33 bits per heavy atom. The van der Waals surface area contributed by atoms with Crippen LogP contribution in [0.25, 0.3) is 5.57 Å². The third-order valence-electron chi connectivity index (χ3n) is 4.17. The summed E-state index contributed by atoms with van der Waals surface area (Å²) in [6.07, 6.45) is 0. The molecule has 3 rings (SSSR count). The van der Waals surface area contributed by atoms with Gasteiger partial charge in [-0.25, -0.2) is 9.29 Å². The average Bonchev–Trinajstić information content (AvgIpc) is 2.89. The summed E-state index contributed by atoms with van der Waals surface area (Å²) in [4.78, 5) is 28.6. The third kappa shape index (κ3) is 3.56. The summed E-state index contributed by atoms with van der Waals surface area (Å²) in [5.41, 5.74) is 0.980. The van der Waals surface area contributed by atoms with Crippen LogP contribution in [0.15, 0.2) is 48.2 Å². The minimum Gasteiger partial charge on any atom is -0.395 e. The largest absolute Gasteiger partial charge is 0.395 e. The number of anilines is 1. The van der Waals surface area contributed by atoms with Gasteiger partial charge in [0.15, 0.2) is 0 Å². The van der Waals surface area contributed by atoms with E-state index >= 15 is 0 Å². The monoisotopic (exact) mass is 408 g/mol. The zero-order valence-corrected chi connectivity index (χ0v) is 15.8. The molecule has 0 fully saturated rings. The number of rotatable bonds is 5. The van der Waals surface area contributed by atoms with Crippen LogP contribution < -0.4 is 4.90 Å². The lowest BCUT2D eigenvalue weighted by Gasteiger charge is -2.20. The van der Waals surface area contributed by atoms with E-state index in [0.717, 1.165) is 11.0 Å². The standard InChI is InChI=1S/C19H15Cl2FN2O3/c1-23(8-9-25)17-16(11-2-4-12(20)5-3-11)18(26)24(19(17)27)13-6-7-15(22)14(21)10-13/h2-7,10,25H,8-9H2,1H3. The molecule has 0 unspecified atom stereocenters. The number of hydrogen-bond donors (Lipinski definition) is 1. The van der Waals surface area contributed by atoms with Crippen LogP contribution in [0.5, 0.6) is 0 Å². The van der Waals surface area contributed by atoms with Crippen molar-refractivity contribution in [3.63, 3.8) is 0 Å². The third-order valence-corrected chi connectivity index (χ3v) is 4.71. The van der Waals surface area contributed by atoms with Crippen molar-refractivity contribution in [2.45, 2.75) is 0 Å². The fourth-order valence-electron chi connectivity index (χ4n) is 2.87. The summed E-state index contributed by atoms with van der Waals surface area (Å²) in [6.45, 7) is -0.0405. The van der Waals surface area contributed by atoms with Crippen molar-refractivity contribution < 1.29 is 19.1 Å². The highest BCUT2D eigenvalue weighted by atomic mass is 35.5. The summed E-state index contributed by atoms with van der Waals surface area (Å²) in [5, 5.41) is 9.53. The molecule has 2 aromatic rings. The van der Waals surface area contributed by atoms with Crippen LogP contribution in [0.3, 0.4) is 0 Å². The summed E-state index contributed by atoms with van der Waals surface area (Å²) in [5.74, 6) is -1.80. The average molecular weight is 409 g/mol. The predicted octanol–water partition coefficient (Wildman–Crippen LogP) is 3.34. The molecule has 1 aliphatic heterocycles. The van der Waals surface area contributed by atoms with Gasteiger partial charge < -0.3 is 10.0 Å². The van der Waals surface area contributed by atoms with E-state index < -0.39 is 17.6 Å². The van der Waals surface area contributed by atoms with Gasteiger partial charge in [-0.05, 0) is 35.9 Å². The summed E-state index contributed by atoms with van der Waals surface area (Å²) < 4.78 is 13.5. The highest BCUT2D eigenvalue weighted by Gasteiger charge is 2.41. The Labute approximate surface area is 165 Å². The molecule has 0 bridgehead atoms. The van der Waals surface area contributed by atoms with E-state index in [-0.39, 0.29) is 35.1 Å². The molecule has 5 nitrogen and oxygen atoms in total. The van der Waals surface area contributed by atoms with Gasteiger partial charge in [-0.2, -0.15) is 0 Å². The molecule has 0 spiro atoms. The highest BCUT2D eigenvalue weighted by molar-refractivity contribution is 6.45. The lowest BCUT2D eigenvalue weighted by molar-refractivity contribution is -0.120. The number of aliphatic hydroxyl groups is 1. The lowest BCUT2D eigenvalue weighted by atomic mass is 10.0. The van der Waals surface area contributed by atoms with Crippen molar-refractivity contribution in [1.29, 1.82) is 0 Å². The number of hydrogen-bond acceptors (Lipinski definition) is 4. The van der Waals surface area contributed by atoms with E-state index in [1.807, 2.05) is 0 Å². The second-order valence-corrected chi connectivity index (χ2v) is 6.76. The van der Waals surface area contributed by atoms with Crippen LogP contribution in [-0.2, 0) is 9.59 Å². The zero-order chi connectivity index (χ0) is 19.7. The van der Waals surface area contributed by atoms with Gasteiger partial charge in [-0.15, -0.1) is 0 Å². The SMILES string of the molecule is CN(CCO)C1=C(c2ccc(Cl)cc2)C(=O)N(c2ccc(F)c(Cl)c2)C1=O. The molecule has 140 valence electrons. The molecule has 2 amide bonds. The van der Waals surface area contributed by atoms with Gasteiger partial charge in [0.2, 0.25) is 0 Å². The van der Waals surface area contributed by atoms with Crippen LogP contribution in [0.4, 0.5) is 10.1 Å². The number of aliphatic hydroxyl groups excluding tert-OH is 1. The van der Waals surface area contributed by atoms with Crippen molar-refractivity contribution in [3.05, 3.63) is 69.6 Å². The summed E-state index contributed by atoms with van der Waals surface area (Å²) >= 11 is 11.7. The van der Waals surface area contributed by atoms with Gasteiger partial charge >= 0.3 is 0 Å². The van der Waals surface area contributed by atoms with Crippen molar-refractivity contribution in [1.82, 2.24) is 4.90 Å². The minimum atomic E-state index is -0.650. The second-order valence-electron chi connectivity index (χ2n) is 5.92. The topological polar surface area (TPSA) is 60.9 Å². The van der Waals surface area contributed by atoms with Gasteiger partial charge in [-0.3, -0.25) is 9.59 Å². The first-order valence-corrected chi connectivity index (χ1v) is 8.76. The normalized spacial score (nSPS) is 14.3. The second kappa shape index (κ2) is 7.68. The molecule has 0 saturated heterocycles. The molecule has 1 N–H and O–H groups in total. The molecule has 0 atom stereocenters. The van der Waals surface area contributed by atoms with Crippen LogP contribution in [-0.4, -0.2) is 42.0 Å². The van der Waals surface area contributed by atoms with Crippen LogP contribution in [0.2, 0.25) is 10.0 Å². The van der Waals surface area contributed by atoms with Gasteiger partial charge in [0.05, 0.1) is 22.9 Å². The Balaban J connectivity index is 2.13. The van der Waals surface area contributed by atoms with Crippen molar-refractivity contribution in [2.75, 3.05) is 25.1 Å². The molecule has 0 aromatic heterocycles. The molecule has 0 radical (unpaired) electrons. The molecular weight excluding hydrogens is 394 g/mol. The maximum Gasteiger partial charge on any atom is 0.282 e. The minimum absolute atomic E-state index is 0.136. The van der Waals surface area contributed by atoms with Crippen LogP contribution in [0.1, 0.15) is 5.56 Å². The number of carbonyl (C=O) groups is 2. The fourth-order valence-corrected chi connectivity index (χ4v) is 3.17. The van der Waals surface area contributed by atoms with E-state index in [0.29, 0.717) is 10.6 Å². The van der Waals surface area contributed by atoms with E-state index in [2.05, 4.69) is 0 Å². The Morgan fingerprint density at radius 1 is 1.07 bits per heavy atom. The first kappa shape index (κ1) is 19.4. The number of likely N-dealkylation sites (N-methyl/N-ethyl adjacent to an activating group) is 1. The van der Waals surface area contributed by atoms with E-state index in [1.165, 1.54) is 17.0 Å². The Bertz CT molecular complexity index is 944. The summed E-state index contributed by atoms with van der Waals surface area (Å²) in [7, 11) is 1.60. The molecule has 0 aliphatic carbocycles. The molecule has 1 heterocycles. The number of carbonyl (C=O) groups excluding carboxylic acids is 2. The van der Waals surface area contributed by atoms with Crippen molar-refractivity contribution >= 4 is 46.3 Å². The maximum atomic E-state index is 13.5. The number of halogens is 3. The van der Waals surface area contributed by atoms with Gasteiger partial charge in [0.1, 0.15) is 11.5 Å². The number of benzene rings is 2. The van der Waals surface area contributed by atoms with Gasteiger partial charge in [0.25, 0.3) is 11.8 Å². The highest BCUT2D eigenvalue weighted by Crippen LogP contribution is 2.35. The Hall–Kier alpha value is -2.41. The first-order valence-electron chi connectivity index (χ1n) is 8.01. The lowest BCUT2D eigenvalue weighted by Crippen LogP contribution is -2.34. The fraction of sp³-hybridized carbons (Fsp3) is 0.158. The molecular formula is C19H15Cl2FN2O3. The number of nitrogens with zero attached hydrogens (tertiary/aromatic N) is 2. The Morgan fingerprint density at radius 2 is 1.74 bits per heavy atom. The van der Waals surface area contributed by atoms with Crippen LogP contribution >= 0.6 is 23.2 Å². The van der Waals surface area contributed by atoms with Gasteiger partial charge in [-0.1, -0.05) is 35.3 Å². The van der Waals surface area contributed by atoms with Crippen LogP contribution in [0, 0.1) is 5.82 Å². The maximum absolute atomic E-state index is 13.5. The Kier molecular flexibility index (Phi) is 5.51. The number of imide groups is 1. The van der Waals surface area contributed by atoms with E-state index in [4.69, 9.17) is 23.2 Å². The van der Waals surface area contributed by atoms with Crippen molar-refractivity contribution in [3.8, 4) is 0 Å². The smallest absolute Gasteiger partial charge is 0.282 e.